The van der Waals surface area contributed by atoms with Crippen LogP contribution in [0.4, 0.5) is 0 Å². The normalized spacial score (nSPS) is 46.6. The summed E-state index contributed by atoms with van der Waals surface area (Å²) in [6.07, 6.45) is 5.84. The van der Waals surface area contributed by atoms with Gasteiger partial charge in [0.2, 0.25) is 0 Å². The van der Waals surface area contributed by atoms with E-state index in [0.29, 0.717) is 5.57 Å². The molecule has 6 atom stereocenters. The molecule has 0 aromatic carbocycles. The van der Waals surface area contributed by atoms with Crippen LogP contribution in [-0.2, 0) is 19.1 Å². The standard InChI is InChI=1S/C21H28O5/c1-11(2)13-10-21(24)19(4)15-7-6-12(3)8-20(15,26-21)9-14(18(23)25-5)16(19)17(13)22/h8-9,11,13,15-16,24H,6-7,10H2,1-5H3/t13-,15-,16-,19-,20-,21-/m1/s1. The molecule has 0 radical (unpaired) electrons. The SMILES string of the molecule is COC(=O)C1=C[C@]23C=C(C)CC[C@@H]2[C@]2(C)[C@H]1C(=O)[C@@H](C(C)C)C[C@@]2(O)O3. The van der Waals surface area contributed by atoms with Crippen molar-refractivity contribution in [3.05, 3.63) is 23.3 Å². The van der Waals surface area contributed by atoms with Crippen LogP contribution in [0.1, 0.15) is 47.0 Å². The smallest absolute Gasteiger partial charge is 0.334 e. The van der Waals surface area contributed by atoms with E-state index < -0.39 is 28.7 Å². The molecule has 2 fully saturated rings. The van der Waals surface area contributed by atoms with Gasteiger partial charge in [0.15, 0.2) is 5.79 Å². The first kappa shape index (κ1) is 17.9. The Hall–Kier alpha value is -1.46. The minimum Gasteiger partial charge on any atom is -0.466 e. The van der Waals surface area contributed by atoms with Crippen molar-refractivity contribution in [2.45, 2.75) is 58.3 Å². The molecule has 0 amide bonds. The van der Waals surface area contributed by atoms with E-state index >= 15 is 0 Å². The second kappa shape index (κ2) is 5.29. The Balaban J connectivity index is 1.99. The van der Waals surface area contributed by atoms with Gasteiger partial charge in [-0.25, -0.2) is 4.79 Å². The molecule has 5 nitrogen and oxygen atoms in total. The fourth-order valence-electron chi connectivity index (χ4n) is 6.13. The summed E-state index contributed by atoms with van der Waals surface area (Å²) in [6, 6.07) is 0. The van der Waals surface area contributed by atoms with Gasteiger partial charge in [-0.2, -0.15) is 0 Å². The van der Waals surface area contributed by atoms with Gasteiger partial charge in [0.25, 0.3) is 0 Å². The number of hydrogen-bond donors (Lipinski definition) is 1. The Morgan fingerprint density at radius 3 is 2.69 bits per heavy atom. The number of hydrogen-bond acceptors (Lipinski definition) is 5. The fraction of sp³-hybridized carbons (Fsp3) is 0.714. The Labute approximate surface area is 154 Å². The third kappa shape index (κ3) is 1.93. The maximum absolute atomic E-state index is 13.4. The van der Waals surface area contributed by atoms with E-state index in [1.165, 1.54) is 12.7 Å². The van der Waals surface area contributed by atoms with E-state index in [1.807, 2.05) is 33.8 Å². The maximum atomic E-state index is 13.4. The average Bonchev–Trinajstić information content (AvgIpc) is 2.72. The van der Waals surface area contributed by atoms with Gasteiger partial charge in [-0.3, -0.25) is 4.79 Å². The van der Waals surface area contributed by atoms with Gasteiger partial charge in [-0.05, 0) is 37.8 Å². The maximum Gasteiger partial charge on any atom is 0.334 e. The molecular formula is C21H28O5. The molecule has 26 heavy (non-hydrogen) atoms. The summed E-state index contributed by atoms with van der Waals surface area (Å²) in [7, 11) is 1.33. The van der Waals surface area contributed by atoms with Crippen LogP contribution in [0.2, 0.25) is 0 Å². The zero-order chi connectivity index (χ0) is 19.1. The van der Waals surface area contributed by atoms with Crippen molar-refractivity contribution in [2.75, 3.05) is 7.11 Å². The number of carbonyl (C=O) groups excluding carboxylic acids is 2. The first-order valence-electron chi connectivity index (χ1n) is 9.55. The second-order valence-corrected chi connectivity index (χ2v) is 9.09. The van der Waals surface area contributed by atoms with Gasteiger partial charge < -0.3 is 14.6 Å². The van der Waals surface area contributed by atoms with Crippen molar-refractivity contribution >= 4 is 11.8 Å². The van der Waals surface area contributed by atoms with Crippen LogP contribution >= 0.6 is 0 Å². The lowest BCUT2D eigenvalue weighted by Crippen LogP contribution is -2.62. The Bertz CT molecular complexity index is 750. The molecule has 3 aliphatic carbocycles. The highest BCUT2D eigenvalue weighted by atomic mass is 16.7. The molecule has 1 heterocycles. The Morgan fingerprint density at radius 2 is 2.08 bits per heavy atom. The topological polar surface area (TPSA) is 72.8 Å². The Morgan fingerprint density at radius 1 is 1.38 bits per heavy atom. The highest BCUT2D eigenvalue weighted by molar-refractivity contribution is 6.01. The van der Waals surface area contributed by atoms with Crippen molar-refractivity contribution in [2.24, 2.45) is 29.1 Å². The molecule has 0 unspecified atom stereocenters. The number of ketones is 1. The minimum atomic E-state index is -1.43. The number of Topliss-reactive ketones (excluding diaryl/α,β-unsaturated/α-hetero) is 1. The van der Waals surface area contributed by atoms with Crippen LogP contribution < -0.4 is 0 Å². The number of rotatable bonds is 2. The van der Waals surface area contributed by atoms with E-state index in [9.17, 15) is 14.7 Å². The summed E-state index contributed by atoms with van der Waals surface area (Å²) in [5.74, 6) is -2.89. The van der Waals surface area contributed by atoms with Crippen molar-refractivity contribution in [1.29, 1.82) is 0 Å². The zero-order valence-corrected chi connectivity index (χ0v) is 16.2. The van der Waals surface area contributed by atoms with Gasteiger partial charge in [0.1, 0.15) is 11.4 Å². The van der Waals surface area contributed by atoms with Gasteiger partial charge in [-0.1, -0.05) is 26.3 Å². The van der Waals surface area contributed by atoms with Gasteiger partial charge in [-0.15, -0.1) is 0 Å². The monoisotopic (exact) mass is 360 g/mol. The molecule has 1 saturated carbocycles. The van der Waals surface area contributed by atoms with Gasteiger partial charge in [0.05, 0.1) is 13.0 Å². The fourth-order valence-corrected chi connectivity index (χ4v) is 6.13. The van der Waals surface area contributed by atoms with E-state index in [4.69, 9.17) is 9.47 Å². The first-order valence-corrected chi connectivity index (χ1v) is 9.55. The lowest BCUT2D eigenvalue weighted by Gasteiger charge is -2.53. The third-order valence-electron chi connectivity index (χ3n) is 7.42. The largest absolute Gasteiger partial charge is 0.466 e. The molecule has 4 rings (SSSR count). The van der Waals surface area contributed by atoms with Crippen LogP contribution in [0.5, 0.6) is 0 Å². The molecule has 5 heteroatoms. The lowest BCUT2D eigenvalue weighted by molar-refractivity contribution is -0.267. The Kier molecular flexibility index (Phi) is 3.65. The van der Waals surface area contributed by atoms with E-state index in [2.05, 4.69) is 0 Å². The molecule has 4 aliphatic rings. The van der Waals surface area contributed by atoms with Gasteiger partial charge in [0, 0.05) is 29.2 Å². The summed E-state index contributed by atoms with van der Waals surface area (Å²) in [5.41, 5.74) is -0.135. The van der Waals surface area contributed by atoms with Gasteiger partial charge >= 0.3 is 5.97 Å². The summed E-state index contributed by atoms with van der Waals surface area (Å²) in [6.45, 7) is 7.94. The summed E-state index contributed by atoms with van der Waals surface area (Å²) in [5, 5.41) is 11.7. The highest BCUT2D eigenvalue weighted by Crippen LogP contribution is 2.70. The van der Waals surface area contributed by atoms with Crippen LogP contribution in [-0.4, -0.2) is 35.4 Å². The van der Waals surface area contributed by atoms with Crippen LogP contribution in [0, 0.1) is 29.1 Å². The highest BCUT2D eigenvalue weighted by Gasteiger charge is 2.77. The predicted octanol–water partition coefficient (Wildman–Crippen LogP) is 2.78. The van der Waals surface area contributed by atoms with Crippen molar-refractivity contribution in [3.8, 4) is 0 Å². The van der Waals surface area contributed by atoms with Crippen LogP contribution in [0.3, 0.4) is 0 Å². The molecule has 1 N–H and O–H groups in total. The first-order chi connectivity index (χ1) is 12.1. The quantitative estimate of drug-likeness (QED) is 0.605. The number of carbonyl (C=O) groups is 2. The molecule has 0 aromatic rings. The molecule has 0 aromatic heterocycles. The zero-order valence-electron chi connectivity index (χ0n) is 16.2. The van der Waals surface area contributed by atoms with Crippen molar-refractivity contribution in [3.63, 3.8) is 0 Å². The van der Waals surface area contributed by atoms with Crippen molar-refractivity contribution < 1.29 is 24.2 Å². The molecule has 1 saturated heterocycles. The summed E-state index contributed by atoms with van der Waals surface area (Å²) >= 11 is 0. The van der Waals surface area contributed by atoms with E-state index in [1.54, 1.807) is 6.08 Å². The predicted molar refractivity (Wildman–Crippen MR) is 94.9 cm³/mol. The summed E-state index contributed by atoms with van der Waals surface area (Å²) in [4.78, 5) is 26.1. The lowest BCUT2D eigenvalue weighted by atomic mass is 9.47. The number of ether oxygens (including phenoxy) is 2. The van der Waals surface area contributed by atoms with Crippen LogP contribution in [0.25, 0.3) is 0 Å². The summed E-state index contributed by atoms with van der Waals surface area (Å²) < 4.78 is 11.4. The molecule has 1 aliphatic heterocycles. The second-order valence-electron chi connectivity index (χ2n) is 9.09. The number of allylic oxidation sites excluding steroid dienone is 1. The molecule has 0 spiro atoms. The molecule has 2 bridgehead atoms. The average molecular weight is 360 g/mol. The number of methoxy groups -OCH3 is 1. The minimum absolute atomic E-state index is 0.0285. The molecule has 142 valence electrons. The van der Waals surface area contributed by atoms with Crippen LogP contribution in [0.15, 0.2) is 23.3 Å². The van der Waals surface area contributed by atoms with Crippen molar-refractivity contribution in [1.82, 2.24) is 0 Å². The number of esters is 1. The third-order valence-corrected chi connectivity index (χ3v) is 7.42. The molecular weight excluding hydrogens is 332 g/mol. The van der Waals surface area contributed by atoms with E-state index in [-0.39, 0.29) is 30.0 Å². The van der Waals surface area contributed by atoms with E-state index in [0.717, 1.165) is 12.8 Å². The number of aliphatic hydroxyl groups is 1.